The van der Waals surface area contributed by atoms with Gasteiger partial charge in [-0.25, -0.2) is 0 Å². The van der Waals surface area contributed by atoms with Gasteiger partial charge in [-0.3, -0.25) is 9.88 Å². The second-order valence-corrected chi connectivity index (χ2v) is 8.47. The SMILES string of the molecule is CCCC(CC)N(C)CCCCN(Cc1cccnc1)Cc1c[nH]c2ccccc12. The maximum absolute atomic E-state index is 4.31. The number of rotatable bonds is 13. The van der Waals surface area contributed by atoms with Crippen LogP contribution in [0.25, 0.3) is 10.9 Å². The fourth-order valence-corrected chi connectivity index (χ4v) is 4.42. The highest BCUT2D eigenvalue weighted by molar-refractivity contribution is 5.82. The molecule has 3 rings (SSSR count). The molecule has 0 aliphatic carbocycles. The van der Waals surface area contributed by atoms with Gasteiger partial charge in [0.2, 0.25) is 0 Å². The van der Waals surface area contributed by atoms with Gasteiger partial charge in [0.05, 0.1) is 0 Å². The minimum absolute atomic E-state index is 0.729. The Morgan fingerprint density at radius 1 is 1.00 bits per heavy atom. The van der Waals surface area contributed by atoms with Gasteiger partial charge >= 0.3 is 0 Å². The molecule has 0 aliphatic rings. The summed E-state index contributed by atoms with van der Waals surface area (Å²) in [6.45, 7) is 8.79. The summed E-state index contributed by atoms with van der Waals surface area (Å²) in [5.74, 6) is 0. The number of benzene rings is 1. The molecule has 0 fully saturated rings. The first-order chi connectivity index (χ1) is 14.7. The maximum atomic E-state index is 4.31. The van der Waals surface area contributed by atoms with Gasteiger partial charge in [-0.2, -0.15) is 0 Å². The van der Waals surface area contributed by atoms with Crippen molar-refractivity contribution in [3.63, 3.8) is 0 Å². The lowest BCUT2D eigenvalue weighted by Gasteiger charge is -2.27. The van der Waals surface area contributed by atoms with Gasteiger partial charge in [-0.1, -0.05) is 44.5 Å². The molecule has 1 N–H and O–H groups in total. The van der Waals surface area contributed by atoms with Crippen molar-refractivity contribution in [2.75, 3.05) is 20.1 Å². The second-order valence-electron chi connectivity index (χ2n) is 8.47. The molecule has 162 valence electrons. The van der Waals surface area contributed by atoms with Crippen molar-refractivity contribution in [2.45, 2.75) is 65.1 Å². The summed E-state index contributed by atoms with van der Waals surface area (Å²) in [7, 11) is 2.29. The highest BCUT2D eigenvalue weighted by atomic mass is 15.1. The lowest BCUT2D eigenvalue weighted by atomic mass is 10.1. The van der Waals surface area contributed by atoms with Crippen molar-refractivity contribution < 1.29 is 0 Å². The molecular formula is C26H38N4. The van der Waals surface area contributed by atoms with Crippen LogP contribution in [0.5, 0.6) is 0 Å². The maximum Gasteiger partial charge on any atom is 0.0457 e. The summed E-state index contributed by atoms with van der Waals surface area (Å²) in [6, 6.07) is 13.5. The predicted molar refractivity (Wildman–Crippen MR) is 128 cm³/mol. The Hall–Kier alpha value is -2.17. The van der Waals surface area contributed by atoms with E-state index in [-0.39, 0.29) is 0 Å². The Morgan fingerprint density at radius 3 is 2.60 bits per heavy atom. The van der Waals surface area contributed by atoms with Crippen LogP contribution >= 0.6 is 0 Å². The van der Waals surface area contributed by atoms with E-state index in [0.717, 1.165) is 25.7 Å². The van der Waals surface area contributed by atoms with Crippen LogP contribution in [0, 0.1) is 0 Å². The molecule has 0 saturated heterocycles. The second kappa shape index (κ2) is 11.9. The largest absolute Gasteiger partial charge is 0.361 e. The monoisotopic (exact) mass is 406 g/mol. The van der Waals surface area contributed by atoms with Crippen LogP contribution in [0.4, 0.5) is 0 Å². The summed E-state index contributed by atoms with van der Waals surface area (Å²) in [4.78, 5) is 12.9. The smallest absolute Gasteiger partial charge is 0.0457 e. The zero-order valence-corrected chi connectivity index (χ0v) is 19.0. The van der Waals surface area contributed by atoms with E-state index in [9.17, 15) is 0 Å². The molecule has 30 heavy (non-hydrogen) atoms. The van der Waals surface area contributed by atoms with Crippen molar-refractivity contribution in [1.29, 1.82) is 0 Å². The van der Waals surface area contributed by atoms with Gasteiger partial charge in [-0.15, -0.1) is 0 Å². The average molecular weight is 407 g/mol. The van der Waals surface area contributed by atoms with Crippen LogP contribution < -0.4 is 0 Å². The zero-order chi connectivity index (χ0) is 21.2. The Bertz CT molecular complexity index is 858. The van der Waals surface area contributed by atoms with Crippen molar-refractivity contribution in [2.24, 2.45) is 0 Å². The lowest BCUT2D eigenvalue weighted by molar-refractivity contribution is 0.206. The molecule has 1 unspecified atom stereocenters. The molecule has 0 spiro atoms. The fourth-order valence-electron chi connectivity index (χ4n) is 4.42. The molecule has 1 atom stereocenters. The summed E-state index contributed by atoms with van der Waals surface area (Å²) in [6.07, 6.45) is 12.3. The van der Waals surface area contributed by atoms with Crippen molar-refractivity contribution >= 4 is 10.9 Å². The van der Waals surface area contributed by atoms with Gasteiger partial charge in [0.25, 0.3) is 0 Å². The predicted octanol–water partition coefficient (Wildman–Crippen LogP) is 5.86. The first-order valence-corrected chi connectivity index (χ1v) is 11.6. The molecule has 0 amide bonds. The zero-order valence-electron chi connectivity index (χ0n) is 19.0. The number of H-pyrrole nitrogens is 1. The van der Waals surface area contributed by atoms with Crippen LogP contribution in [0.1, 0.15) is 57.1 Å². The van der Waals surface area contributed by atoms with Gasteiger partial charge in [-0.05, 0) is 69.1 Å². The fraction of sp³-hybridized carbons (Fsp3) is 0.500. The van der Waals surface area contributed by atoms with E-state index in [4.69, 9.17) is 0 Å². The molecular weight excluding hydrogens is 368 g/mol. The van der Waals surface area contributed by atoms with E-state index >= 15 is 0 Å². The first-order valence-electron chi connectivity index (χ1n) is 11.6. The summed E-state index contributed by atoms with van der Waals surface area (Å²) in [5, 5.41) is 1.33. The molecule has 2 heterocycles. The molecule has 0 aliphatic heterocycles. The number of hydrogen-bond acceptors (Lipinski definition) is 3. The van der Waals surface area contributed by atoms with Crippen LogP contribution in [-0.4, -0.2) is 45.9 Å². The molecule has 2 aromatic heterocycles. The molecule has 0 radical (unpaired) electrons. The number of para-hydroxylation sites is 1. The highest BCUT2D eigenvalue weighted by Gasteiger charge is 2.13. The van der Waals surface area contributed by atoms with Crippen molar-refractivity contribution in [3.8, 4) is 0 Å². The Kier molecular flexibility index (Phi) is 8.91. The first kappa shape index (κ1) is 22.5. The van der Waals surface area contributed by atoms with E-state index in [2.05, 4.69) is 77.2 Å². The quantitative estimate of drug-likeness (QED) is 0.361. The van der Waals surface area contributed by atoms with Crippen LogP contribution in [-0.2, 0) is 13.1 Å². The summed E-state index contributed by atoms with van der Waals surface area (Å²) < 4.78 is 0. The number of nitrogens with zero attached hydrogens (tertiary/aromatic N) is 3. The van der Waals surface area contributed by atoms with Gasteiger partial charge in [0.15, 0.2) is 0 Å². The molecule has 4 heteroatoms. The van der Waals surface area contributed by atoms with Gasteiger partial charge in [0, 0.05) is 48.6 Å². The molecule has 3 aromatic rings. The van der Waals surface area contributed by atoms with E-state index in [0.29, 0.717) is 0 Å². The Balaban J connectivity index is 1.59. The highest BCUT2D eigenvalue weighted by Crippen LogP contribution is 2.20. The molecule has 0 bridgehead atoms. The normalized spacial score (nSPS) is 12.8. The van der Waals surface area contributed by atoms with E-state index in [1.54, 1.807) is 0 Å². The minimum Gasteiger partial charge on any atom is -0.361 e. The van der Waals surface area contributed by atoms with Crippen molar-refractivity contribution in [1.82, 2.24) is 19.8 Å². The minimum atomic E-state index is 0.729. The Labute approximate surface area is 182 Å². The van der Waals surface area contributed by atoms with Crippen molar-refractivity contribution in [3.05, 3.63) is 66.1 Å². The lowest BCUT2D eigenvalue weighted by Crippen LogP contribution is -2.32. The molecule has 1 aromatic carbocycles. The third-order valence-corrected chi connectivity index (χ3v) is 6.15. The number of pyridine rings is 1. The number of hydrogen-bond donors (Lipinski definition) is 1. The number of unbranched alkanes of at least 4 members (excludes halogenated alkanes) is 1. The summed E-state index contributed by atoms with van der Waals surface area (Å²) in [5.41, 5.74) is 3.88. The average Bonchev–Trinajstić information content (AvgIpc) is 3.18. The molecule has 0 saturated carbocycles. The van der Waals surface area contributed by atoms with Crippen LogP contribution in [0.3, 0.4) is 0 Å². The van der Waals surface area contributed by atoms with Gasteiger partial charge < -0.3 is 9.88 Å². The number of nitrogens with one attached hydrogen (secondary N) is 1. The summed E-state index contributed by atoms with van der Waals surface area (Å²) >= 11 is 0. The van der Waals surface area contributed by atoms with Gasteiger partial charge in [0.1, 0.15) is 0 Å². The van der Waals surface area contributed by atoms with Crippen LogP contribution in [0.2, 0.25) is 0 Å². The van der Waals surface area contributed by atoms with Crippen LogP contribution in [0.15, 0.2) is 55.0 Å². The number of aromatic nitrogens is 2. The van der Waals surface area contributed by atoms with E-state index in [1.165, 1.54) is 60.7 Å². The number of aromatic amines is 1. The Morgan fingerprint density at radius 2 is 1.83 bits per heavy atom. The third kappa shape index (κ3) is 6.41. The third-order valence-electron chi connectivity index (χ3n) is 6.15. The number of fused-ring (bicyclic) bond motifs is 1. The van der Waals surface area contributed by atoms with E-state index < -0.39 is 0 Å². The molecule has 4 nitrogen and oxygen atoms in total. The van der Waals surface area contributed by atoms with E-state index in [1.807, 2.05) is 18.5 Å². The topological polar surface area (TPSA) is 35.2 Å². The standard InChI is InChI=1S/C26H38N4/c1-4-11-24(5-2)29(3)16-8-9-17-30(20-22-12-10-15-27-18-22)21-23-19-28-26-14-7-6-13-25(23)26/h6-7,10,12-15,18-19,24,28H,4-5,8-9,11,16-17,20-21H2,1-3H3.